The van der Waals surface area contributed by atoms with Crippen molar-refractivity contribution in [1.82, 2.24) is 5.32 Å². The monoisotopic (exact) mass is 374 g/mol. The summed E-state index contributed by atoms with van der Waals surface area (Å²) < 4.78 is 10.5. The lowest BCUT2D eigenvalue weighted by molar-refractivity contribution is -0.115. The molecule has 7 heteroatoms. The van der Waals surface area contributed by atoms with Crippen LogP contribution in [0.25, 0.3) is 0 Å². The fourth-order valence-electron chi connectivity index (χ4n) is 2.38. The van der Waals surface area contributed by atoms with Crippen LogP contribution in [0.4, 0.5) is 0 Å². The molecule has 6 nitrogen and oxygen atoms in total. The van der Waals surface area contributed by atoms with Crippen molar-refractivity contribution in [3.05, 3.63) is 53.6 Å². The van der Waals surface area contributed by atoms with Gasteiger partial charge in [-0.25, -0.2) is 0 Å². The summed E-state index contributed by atoms with van der Waals surface area (Å²) in [4.78, 5) is 24.1. The van der Waals surface area contributed by atoms with E-state index < -0.39 is 5.91 Å². The molecule has 0 unspecified atom stereocenters. The lowest BCUT2D eigenvalue weighted by Gasteiger charge is -2.11. The lowest BCUT2D eigenvalue weighted by atomic mass is 10.1. The Morgan fingerprint density at radius 3 is 2.50 bits per heavy atom. The van der Waals surface area contributed by atoms with Gasteiger partial charge in [0.2, 0.25) is 5.91 Å². The van der Waals surface area contributed by atoms with Crippen molar-refractivity contribution in [2.45, 2.75) is 11.3 Å². The number of hydrogen-bond donors (Lipinski definition) is 2. The third-order valence-corrected chi connectivity index (χ3v) is 4.74. The van der Waals surface area contributed by atoms with Gasteiger partial charge in [-0.2, -0.15) is 0 Å². The summed E-state index contributed by atoms with van der Waals surface area (Å²) in [5.74, 6) is 0.859. The molecule has 0 spiro atoms. The number of primary amides is 1. The smallest absolute Gasteiger partial charge is 0.252 e. The Morgan fingerprint density at radius 2 is 1.81 bits per heavy atom. The Labute approximate surface area is 157 Å². The molecule has 0 aliphatic heterocycles. The van der Waals surface area contributed by atoms with Gasteiger partial charge >= 0.3 is 0 Å². The molecule has 3 N–H and O–H groups in total. The number of hydrogen-bond acceptors (Lipinski definition) is 5. The van der Waals surface area contributed by atoms with Crippen molar-refractivity contribution in [3.63, 3.8) is 0 Å². The van der Waals surface area contributed by atoms with Gasteiger partial charge in [0.05, 0.1) is 25.5 Å². The standard InChI is InChI=1S/C19H22N2O4S/c1-24-15-8-7-13(11-16(15)25-2)9-10-21-19(23)14-5-3-4-6-17(14)26-12-18(20)22/h3-8,11H,9-10,12H2,1-2H3,(H2,20,22)(H,21,23). The minimum atomic E-state index is -0.418. The summed E-state index contributed by atoms with van der Waals surface area (Å²) in [5.41, 5.74) is 6.74. The first kappa shape index (κ1) is 19.7. The van der Waals surface area contributed by atoms with Gasteiger partial charge in [-0.3, -0.25) is 9.59 Å². The van der Waals surface area contributed by atoms with Gasteiger partial charge in [0.1, 0.15) is 0 Å². The summed E-state index contributed by atoms with van der Waals surface area (Å²) >= 11 is 1.26. The number of thioether (sulfide) groups is 1. The molecule has 0 aliphatic rings. The van der Waals surface area contributed by atoms with Gasteiger partial charge in [0.15, 0.2) is 11.5 Å². The number of carbonyl (C=O) groups excluding carboxylic acids is 2. The minimum Gasteiger partial charge on any atom is -0.493 e. The zero-order valence-electron chi connectivity index (χ0n) is 14.8. The van der Waals surface area contributed by atoms with E-state index in [9.17, 15) is 9.59 Å². The van der Waals surface area contributed by atoms with E-state index in [1.165, 1.54) is 11.8 Å². The Hall–Kier alpha value is -2.67. The fourth-order valence-corrected chi connectivity index (χ4v) is 3.17. The molecule has 0 saturated carbocycles. The average molecular weight is 374 g/mol. The highest BCUT2D eigenvalue weighted by Crippen LogP contribution is 2.27. The molecule has 0 saturated heterocycles. The molecule has 0 heterocycles. The van der Waals surface area contributed by atoms with Crippen LogP contribution in [0.1, 0.15) is 15.9 Å². The Kier molecular flexibility index (Phi) is 7.35. The Balaban J connectivity index is 1.96. The molecule has 0 fully saturated rings. The Bertz CT molecular complexity index is 780. The maximum atomic E-state index is 12.4. The van der Waals surface area contributed by atoms with Crippen molar-refractivity contribution in [2.24, 2.45) is 5.73 Å². The van der Waals surface area contributed by atoms with Crippen LogP contribution in [0.3, 0.4) is 0 Å². The Morgan fingerprint density at radius 1 is 1.08 bits per heavy atom. The summed E-state index contributed by atoms with van der Waals surface area (Å²) in [6.45, 7) is 0.475. The highest BCUT2D eigenvalue weighted by Gasteiger charge is 2.12. The van der Waals surface area contributed by atoms with E-state index in [1.54, 1.807) is 32.4 Å². The number of benzene rings is 2. The highest BCUT2D eigenvalue weighted by molar-refractivity contribution is 8.00. The molecule has 2 amide bonds. The molecular formula is C19H22N2O4S. The molecule has 2 aromatic carbocycles. The van der Waals surface area contributed by atoms with Crippen molar-refractivity contribution >= 4 is 23.6 Å². The third-order valence-electron chi connectivity index (χ3n) is 3.65. The molecule has 0 aliphatic carbocycles. The number of amides is 2. The van der Waals surface area contributed by atoms with Crippen LogP contribution in [0.2, 0.25) is 0 Å². The van der Waals surface area contributed by atoms with Gasteiger partial charge in [0, 0.05) is 11.4 Å². The average Bonchev–Trinajstić information content (AvgIpc) is 2.66. The maximum Gasteiger partial charge on any atom is 0.252 e. The van der Waals surface area contributed by atoms with Gasteiger partial charge in [-0.05, 0) is 36.2 Å². The van der Waals surface area contributed by atoms with E-state index in [-0.39, 0.29) is 11.7 Å². The number of ether oxygens (including phenoxy) is 2. The second-order valence-corrected chi connectivity index (χ2v) is 6.46. The van der Waals surface area contributed by atoms with Gasteiger partial charge in [-0.1, -0.05) is 18.2 Å². The van der Waals surface area contributed by atoms with Crippen molar-refractivity contribution in [3.8, 4) is 11.5 Å². The van der Waals surface area contributed by atoms with Crippen molar-refractivity contribution < 1.29 is 19.1 Å². The van der Waals surface area contributed by atoms with E-state index in [0.717, 1.165) is 10.5 Å². The number of nitrogens with one attached hydrogen (secondary N) is 1. The van der Waals surface area contributed by atoms with Crippen LogP contribution in [0.5, 0.6) is 11.5 Å². The molecule has 0 atom stereocenters. The summed E-state index contributed by atoms with van der Waals surface area (Å²) in [5, 5.41) is 2.90. The van der Waals surface area contributed by atoms with Crippen LogP contribution >= 0.6 is 11.8 Å². The van der Waals surface area contributed by atoms with Gasteiger partial charge in [-0.15, -0.1) is 11.8 Å². The highest BCUT2D eigenvalue weighted by atomic mass is 32.2. The molecule has 2 aromatic rings. The third kappa shape index (κ3) is 5.42. The zero-order valence-corrected chi connectivity index (χ0v) is 15.6. The summed E-state index contributed by atoms with van der Waals surface area (Å²) in [6.07, 6.45) is 0.655. The first-order valence-electron chi connectivity index (χ1n) is 8.04. The SMILES string of the molecule is COc1ccc(CCNC(=O)c2ccccc2SCC(N)=O)cc1OC. The number of rotatable bonds is 9. The predicted octanol–water partition coefficient (Wildman–Crippen LogP) is 2.25. The van der Waals surface area contributed by atoms with Crippen molar-refractivity contribution in [2.75, 3.05) is 26.5 Å². The molecule has 0 bridgehead atoms. The molecule has 2 rings (SSSR count). The number of carbonyl (C=O) groups is 2. The van der Waals surface area contributed by atoms with E-state index in [2.05, 4.69) is 5.32 Å². The molecular weight excluding hydrogens is 352 g/mol. The van der Waals surface area contributed by atoms with Crippen LogP contribution in [0.15, 0.2) is 47.4 Å². The molecule has 0 radical (unpaired) electrons. The quantitative estimate of drug-likeness (QED) is 0.657. The van der Waals surface area contributed by atoms with Gasteiger partial charge < -0.3 is 20.5 Å². The predicted molar refractivity (Wildman–Crippen MR) is 102 cm³/mol. The van der Waals surface area contributed by atoms with E-state index in [4.69, 9.17) is 15.2 Å². The van der Waals surface area contributed by atoms with Gasteiger partial charge in [0.25, 0.3) is 5.91 Å². The molecule has 0 aromatic heterocycles. The van der Waals surface area contributed by atoms with E-state index in [0.29, 0.717) is 30.0 Å². The van der Waals surface area contributed by atoms with E-state index >= 15 is 0 Å². The number of methoxy groups -OCH3 is 2. The maximum absolute atomic E-state index is 12.4. The van der Waals surface area contributed by atoms with Crippen LogP contribution < -0.4 is 20.5 Å². The summed E-state index contributed by atoms with van der Waals surface area (Å²) in [6, 6.07) is 12.8. The van der Waals surface area contributed by atoms with E-state index in [1.807, 2.05) is 24.3 Å². The normalized spacial score (nSPS) is 10.2. The zero-order chi connectivity index (χ0) is 18.9. The molecule has 26 heavy (non-hydrogen) atoms. The fraction of sp³-hybridized carbons (Fsp3) is 0.263. The van der Waals surface area contributed by atoms with Crippen molar-refractivity contribution in [1.29, 1.82) is 0 Å². The molecule has 138 valence electrons. The number of nitrogens with two attached hydrogens (primary N) is 1. The first-order valence-corrected chi connectivity index (χ1v) is 9.03. The second-order valence-electron chi connectivity index (χ2n) is 5.45. The minimum absolute atomic E-state index is 0.135. The summed E-state index contributed by atoms with van der Waals surface area (Å²) in [7, 11) is 3.18. The van der Waals surface area contributed by atoms with Crippen LogP contribution in [-0.2, 0) is 11.2 Å². The second kappa shape index (κ2) is 9.72. The first-order chi connectivity index (χ1) is 12.5. The topological polar surface area (TPSA) is 90.6 Å². The van der Waals surface area contributed by atoms with Crippen LogP contribution in [0, 0.1) is 0 Å². The lowest BCUT2D eigenvalue weighted by Crippen LogP contribution is -2.26. The van der Waals surface area contributed by atoms with Crippen LogP contribution in [-0.4, -0.2) is 38.3 Å². The largest absolute Gasteiger partial charge is 0.493 e.